The second-order valence-electron chi connectivity index (χ2n) is 3.64. The van der Waals surface area contributed by atoms with Crippen LogP contribution < -0.4 is 5.32 Å². The number of hydrogen-bond acceptors (Lipinski definition) is 2. The average Bonchev–Trinajstić information content (AvgIpc) is 2.73. The molecule has 1 aromatic carbocycles. The van der Waals surface area contributed by atoms with Crippen LogP contribution in [0.15, 0.2) is 33.4 Å². The molecule has 0 radical (unpaired) electrons. The molecule has 0 aliphatic carbocycles. The van der Waals surface area contributed by atoms with Crippen molar-refractivity contribution in [3.8, 4) is 0 Å². The van der Waals surface area contributed by atoms with E-state index in [4.69, 9.17) is 4.42 Å². The van der Waals surface area contributed by atoms with Crippen LogP contribution in [0.5, 0.6) is 0 Å². The summed E-state index contributed by atoms with van der Waals surface area (Å²) in [6, 6.07) is 4.90. The summed E-state index contributed by atoms with van der Waals surface area (Å²) in [5.74, 6) is -1.94. The Bertz CT molecular complexity index is 610. The van der Waals surface area contributed by atoms with Crippen molar-refractivity contribution in [2.45, 2.75) is 6.92 Å². The van der Waals surface area contributed by atoms with Crippen LogP contribution in [0.1, 0.15) is 16.1 Å². The van der Waals surface area contributed by atoms with Gasteiger partial charge in [-0.1, -0.05) is 0 Å². The average molecular weight is 316 g/mol. The second kappa shape index (κ2) is 4.89. The summed E-state index contributed by atoms with van der Waals surface area (Å²) in [4.78, 5) is 11.7. The van der Waals surface area contributed by atoms with Gasteiger partial charge in [-0.25, -0.2) is 8.78 Å². The molecule has 0 bridgehead atoms. The fourth-order valence-corrected chi connectivity index (χ4v) is 1.67. The lowest BCUT2D eigenvalue weighted by Crippen LogP contribution is -2.12. The molecule has 2 rings (SSSR count). The number of amides is 1. The largest absolute Gasteiger partial charge is 0.444 e. The van der Waals surface area contributed by atoms with Gasteiger partial charge in [-0.2, -0.15) is 0 Å². The number of halogens is 3. The van der Waals surface area contributed by atoms with Crippen molar-refractivity contribution in [3.63, 3.8) is 0 Å². The maximum Gasteiger partial charge on any atom is 0.291 e. The second-order valence-corrected chi connectivity index (χ2v) is 4.42. The molecule has 1 aromatic heterocycles. The zero-order chi connectivity index (χ0) is 13.3. The number of rotatable bonds is 2. The number of benzene rings is 1. The number of aryl methyl sites for hydroxylation is 1. The number of carbonyl (C=O) groups is 1. The van der Waals surface area contributed by atoms with Crippen molar-refractivity contribution in [1.82, 2.24) is 0 Å². The van der Waals surface area contributed by atoms with Crippen molar-refractivity contribution >= 4 is 27.5 Å². The first-order valence-electron chi connectivity index (χ1n) is 4.99. The van der Waals surface area contributed by atoms with Gasteiger partial charge >= 0.3 is 0 Å². The summed E-state index contributed by atoms with van der Waals surface area (Å²) in [5.41, 5.74) is -0.0538. The molecule has 18 heavy (non-hydrogen) atoms. The Hall–Kier alpha value is -1.69. The third kappa shape index (κ3) is 2.59. The number of hydrogen-bond donors (Lipinski definition) is 1. The number of anilines is 1. The Balaban J connectivity index is 2.24. The zero-order valence-electron chi connectivity index (χ0n) is 9.26. The molecule has 1 amide bonds. The van der Waals surface area contributed by atoms with Gasteiger partial charge in [0.1, 0.15) is 11.6 Å². The third-order valence-corrected chi connectivity index (χ3v) is 2.72. The molecule has 0 saturated heterocycles. The maximum absolute atomic E-state index is 13.5. The van der Waals surface area contributed by atoms with Gasteiger partial charge in [-0.05, 0) is 46.6 Å². The highest BCUT2D eigenvalue weighted by Gasteiger charge is 2.14. The first-order valence-corrected chi connectivity index (χ1v) is 5.79. The molecule has 0 saturated carbocycles. The van der Waals surface area contributed by atoms with Gasteiger partial charge in [-0.15, -0.1) is 0 Å². The minimum Gasteiger partial charge on any atom is -0.444 e. The van der Waals surface area contributed by atoms with Crippen molar-refractivity contribution in [1.29, 1.82) is 0 Å². The summed E-state index contributed by atoms with van der Waals surface area (Å²) in [7, 11) is 0. The standard InChI is InChI=1S/C12H8BrF2NO2/c1-6-4-8(15)9(5-7(6)14)16-12(17)10-2-3-11(13)18-10/h2-5H,1H3,(H,16,17). The lowest BCUT2D eigenvalue weighted by Gasteiger charge is -2.06. The molecule has 0 spiro atoms. The van der Waals surface area contributed by atoms with Crippen LogP contribution in [-0.2, 0) is 0 Å². The molecule has 94 valence electrons. The Kier molecular flexibility index (Phi) is 3.47. The van der Waals surface area contributed by atoms with Gasteiger partial charge < -0.3 is 9.73 Å². The molecular weight excluding hydrogens is 308 g/mol. The van der Waals surface area contributed by atoms with Gasteiger partial charge in [0.2, 0.25) is 0 Å². The zero-order valence-corrected chi connectivity index (χ0v) is 10.8. The first-order chi connectivity index (χ1) is 8.47. The minimum atomic E-state index is -0.701. The van der Waals surface area contributed by atoms with Gasteiger partial charge in [0.05, 0.1) is 5.69 Å². The lowest BCUT2D eigenvalue weighted by molar-refractivity contribution is 0.0995. The number of carbonyl (C=O) groups excluding carboxylic acids is 1. The number of furan rings is 1. The molecule has 3 nitrogen and oxygen atoms in total. The van der Waals surface area contributed by atoms with Crippen LogP contribution >= 0.6 is 15.9 Å². The SMILES string of the molecule is Cc1cc(F)c(NC(=O)c2ccc(Br)o2)cc1F. The quantitative estimate of drug-likeness (QED) is 0.913. The van der Waals surface area contributed by atoms with E-state index in [1.54, 1.807) is 0 Å². The molecule has 0 unspecified atom stereocenters. The van der Waals surface area contributed by atoms with Crippen molar-refractivity contribution in [2.24, 2.45) is 0 Å². The molecule has 1 N–H and O–H groups in total. The number of nitrogens with one attached hydrogen (secondary N) is 1. The molecule has 2 aromatic rings. The predicted octanol–water partition coefficient (Wildman–Crippen LogP) is 3.88. The van der Waals surface area contributed by atoms with Crippen molar-refractivity contribution in [3.05, 3.63) is 51.9 Å². The van der Waals surface area contributed by atoms with Crippen LogP contribution in [0.3, 0.4) is 0 Å². The highest BCUT2D eigenvalue weighted by molar-refractivity contribution is 9.10. The fraction of sp³-hybridized carbons (Fsp3) is 0.0833. The molecule has 6 heteroatoms. The predicted molar refractivity (Wildman–Crippen MR) is 65.5 cm³/mol. The van der Waals surface area contributed by atoms with Gasteiger partial charge in [0.25, 0.3) is 5.91 Å². The summed E-state index contributed by atoms with van der Waals surface area (Å²) in [6.45, 7) is 1.44. The highest BCUT2D eigenvalue weighted by Crippen LogP contribution is 2.20. The Labute approximate surface area is 110 Å². The third-order valence-electron chi connectivity index (χ3n) is 2.29. The molecule has 0 atom stereocenters. The van der Waals surface area contributed by atoms with Gasteiger partial charge in [-0.3, -0.25) is 4.79 Å². The van der Waals surface area contributed by atoms with Crippen LogP contribution in [0.4, 0.5) is 14.5 Å². The molecule has 0 aliphatic rings. The highest BCUT2D eigenvalue weighted by atomic mass is 79.9. The van der Waals surface area contributed by atoms with Gasteiger partial charge in [0, 0.05) is 6.07 Å². The van der Waals surface area contributed by atoms with E-state index in [2.05, 4.69) is 21.2 Å². The summed E-state index contributed by atoms with van der Waals surface area (Å²) in [5, 5.41) is 2.24. The lowest BCUT2D eigenvalue weighted by atomic mass is 10.2. The van der Waals surface area contributed by atoms with Crippen LogP contribution in [0, 0.1) is 18.6 Å². The first kappa shape index (κ1) is 12.8. The molecule has 0 fully saturated rings. The summed E-state index contributed by atoms with van der Waals surface area (Å²) in [6.07, 6.45) is 0. The van der Waals surface area contributed by atoms with Crippen molar-refractivity contribution < 1.29 is 18.0 Å². The van der Waals surface area contributed by atoms with Gasteiger partial charge in [0.15, 0.2) is 10.4 Å². The van der Waals surface area contributed by atoms with E-state index in [1.165, 1.54) is 19.1 Å². The van der Waals surface area contributed by atoms with E-state index in [9.17, 15) is 13.6 Å². The van der Waals surface area contributed by atoms with E-state index in [1.807, 2.05) is 0 Å². The Morgan fingerprint density at radius 2 is 2.00 bits per heavy atom. The van der Waals surface area contributed by atoms with Crippen LogP contribution in [-0.4, -0.2) is 5.91 Å². The van der Waals surface area contributed by atoms with E-state index < -0.39 is 17.5 Å². The molecule has 0 aliphatic heterocycles. The summed E-state index contributed by atoms with van der Waals surface area (Å²) >= 11 is 3.04. The van der Waals surface area contributed by atoms with E-state index in [0.29, 0.717) is 4.67 Å². The topological polar surface area (TPSA) is 42.2 Å². The molecular formula is C12H8BrF2NO2. The normalized spacial score (nSPS) is 10.4. The monoisotopic (exact) mass is 315 g/mol. The Morgan fingerprint density at radius 1 is 1.28 bits per heavy atom. The molecule has 1 heterocycles. The van der Waals surface area contributed by atoms with E-state index in [0.717, 1.165) is 12.1 Å². The fourth-order valence-electron chi connectivity index (χ4n) is 1.36. The van der Waals surface area contributed by atoms with E-state index in [-0.39, 0.29) is 17.0 Å². The minimum absolute atomic E-state index is 0.00209. The van der Waals surface area contributed by atoms with Crippen LogP contribution in [0.2, 0.25) is 0 Å². The van der Waals surface area contributed by atoms with Crippen LogP contribution in [0.25, 0.3) is 0 Å². The van der Waals surface area contributed by atoms with Crippen molar-refractivity contribution in [2.75, 3.05) is 5.32 Å². The smallest absolute Gasteiger partial charge is 0.291 e. The Morgan fingerprint density at radius 3 is 2.61 bits per heavy atom. The summed E-state index contributed by atoms with van der Waals surface area (Å²) < 4.78 is 32.1. The maximum atomic E-state index is 13.5. The van der Waals surface area contributed by atoms with E-state index >= 15 is 0 Å².